The normalized spacial score (nSPS) is 10.8. The minimum Gasteiger partial charge on any atom is -0.495 e. The van der Waals surface area contributed by atoms with Crippen LogP contribution in [0.4, 0.5) is 11.4 Å². The highest BCUT2D eigenvalue weighted by Gasteiger charge is 2.18. The Bertz CT molecular complexity index is 1330. The molecule has 0 fully saturated rings. The topological polar surface area (TPSA) is 98.1 Å². The Morgan fingerprint density at radius 2 is 1.69 bits per heavy atom. The fourth-order valence-corrected chi connectivity index (χ4v) is 3.59. The minimum absolute atomic E-state index is 0.261. The largest absolute Gasteiger partial charge is 0.495 e. The monoisotopic (exact) mass is 429 g/mol. The molecule has 2 aromatic heterocycles. The van der Waals surface area contributed by atoms with Crippen molar-refractivity contribution in [3.63, 3.8) is 0 Å². The number of carbonyl (C=O) groups excluding carboxylic acids is 2. The van der Waals surface area contributed by atoms with E-state index >= 15 is 0 Å². The smallest absolute Gasteiger partial charge is 0.256 e. The van der Waals surface area contributed by atoms with Crippen molar-refractivity contribution in [1.82, 2.24) is 14.8 Å². The molecular formula is C24H23N5O3. The second-order valence-electron chi connectivity index (χ2n) is 7.40. The number of ether oxygens (including phenoxy) is 1. The van der Waals surface area contributed by atoms with Crippen LogP contribution in [-0.2, 0) is 7.05 Å². The lowest BCUT2D eigenvalue weighted by atomic mass is 10.1. The van der Waals surface area contributed by atoms with Crippen LogP contribution in [0.15, 0.2) is 54.6 Å². The number of hydrogen-bond donors (Lipinski definition) is 2. The third kappa shape index (κ3) is 4.02. The number of para-hydroxylation sites is 2. The summed E-state index contributed by atoms with van der Waals surface area (Å²) in [5.41, 5.74) is 4.26. The number of amides is 2. The molecule has 0 aliphatic rings. The highest BCUT2D eigenvalue weighted by Crippen LogP contribution is 2.25. The van der Waals surface area contributed by atoms with Gasteiger partial charge in [-0.05, 0) is 56.3 Å². The van der Waals surface area contributed by atoms with Crippen LogP contribution < -0.4 is 15.4 Å². The zero-order valence-electron chi connectivity index (χ0n) is 18.3. The highest BCUT2D eigenvalue weighted by molar-refractivity contribution is 6.13. The van der Waals surface area contributed by atoms with E-state index in [-0.39, 0.29) is 11.8 Å². The third-order valence-electron chi connectivity index (χ3n) is 5.10. The van der Waals surface area contributed by atoms with Crippen molar-refractivity contribution >= 4 is 34.2 Å². The van der Waals surface area contributed by atoms with E-state index in [0.717, 1.165) is 16.8 Å². The summed E-state index contributed by atoms with van der Waals surface area (Å²) in [6.45, 7) is 3.69. The van der Waals surface area contributed by atoms with Gasteiger partial charge in [-0.2, -0.15) is 5.10 Å². The Labute approximate surface area is 185 Å². The van der Waals surface area contributed by atoms with Crippen molar-refractivity contribution in [2.45, 2.75) is 13.8 Å². The number of nitrogens with zero attached hydrogens (tertiary/aromatic N) is 3. The van der Waals surface area contributed by atoms with Gasteiger partial charge in [-0.3, -0.25) is 14.3 Å². The number of hydrogen-bond acceptors (Lipinski definition) is 5. The average molecular weight is 429 g/mol. The van der Waals surface area contributed by atoms with E-state index in [4.69, 9.17) is 4.74 Å². The van der Waals surface area contributed by atoms with Crippen LogP contribution in [0.2, 0.25) is 0 Å². The zero-order chi connectivity index (χ0) is 22.8. The number of aromatic nitrogens is 3. The maximum absolute atomic E-state index is 13.0. The van der Waals surface area contributed by atoms with Crippen molar-refractivity contribution < 1.29 is 14.3 Å². The summed E-state index contributed by atoms with van der Waals surface area (Å²) in [5.74, 6) is 0.0436. The summed E-state index contributed by atoms with van der Waals surface area (Å²) < 4.78 is 6.93. The van der Waals surface area contributed by atoms with E-state index in [2.05, 4.69) is 20.7 Å². The molecule has 162 valence electrons. The number of anilines is 2. The molecule has 32 heavy (non-hydrogen) atoms. The quantitative estimate of drug-likeness (QED) is 0.498. The van der Waals surface area contributed by atoms with Gasteiger partial charge in [0.05, 0.1) is 29.4 Å². The fourth-order valence-electron chi connectivity index (χ4n) is 3.59. The lowest BCUT2D eigenvalue weighted by Gasteiger charge is -2.11. The van der Waals surface area contributed by atoms with Crippen LogP contribution in [0.5, 0.6) is 5.75 Å². The van der Waals surface area contributed by atoms with Gasteiger partial charge in [-0.1, -0.05) is 12.1 Å². The molecule has 4 aromatic rings. The van der Waals surface area contributed by atoms with Crippen LogP contribution in [0.3, 0.4) is 0 Å². The first-order valence-corrected chi connectivity index (χ1v) is 10.0. The molecule has 0 saturated carbocycles. The van der Waals surface area contributed by atoms with Crippen molar-refractivity contribution in [3.8, 4) is 5.75 Å². The Hall–Kier alpha value is -4.20. The lowest BCUT2D eigenvalue weighted by Crippen LogP contribution is -2.15. The Kier molecular flexibility index (Phi) is 5.59. The molecule has 8 nitrogen and oxygen atoms in total. The summed E-state index contributed by atoms with van der Waals surface area (Å²) in [6.07, 6.45) is 0. The van der Waals surface area contributed by atoms with Crippen molar-refractivity contribution in [2.24, 2.45) is 7.05 Å². The van der Waals surface area contributed by atoms with Gasteiger partial charge in [0.2, 0.25) is 0 Å². The Balaban J connectivity index is 1.53. The number of carbonyl (C=O) groups is 2. The summed E-state index contributed by atoms with van der Waals surface area (Å²) >= 11 is 0. The number of fused-ring (bicyclic) bond motifs is 1. The molecule has 0 radical (unpaired) electrons. The molecule has 0 bridgehead atoms. The van der Waals surface area contributed by atoms with E-state index in [0.29, 0.717) is 33.9 Å². The van der Waals surface area contributed by atoms with Crippen LogP contribution in [0, 0.1) is 13.8 Å². The molecule has 0 spiro atoms. The predicted octanol–water partition coefficient (Wildman–Crippen LogP) is 4.10. The number of nitrogens with one attached hydrogen (secondary N) is 2. The SMILES string of the molecule is COc1ccccc1NC(=O)c1ccc(NC(=O)c2cc(C)nc3c2c(C)nn3C)cc1. The van der Waals surface area contributed by atoms with Gasteiger partial charge in [0.25, 0.3) is 11.8 Å². The average Bonchev–Trinajstić information content (AvgIpc) is 3.07. The van der Waals surface area contributed by atoms with E-state index in [1.165, 1.54) is 0 Å². The fraction of sp³-hybridized carbons (Fsp3) is 0.167. The van der Waals surface area contributed by atoms with Crippen LogP contribution in [-0.4, -0.2) is 33.7 Å². The summed E-state index contributed by atoms with van der Waals surface area (Å²) in [6, 6.07) is 15.6. The second-order valence-corrected chi connectivity index (χ2v) is 7.40. The first-order valence-electron chi connectivity index (χ1n) is 10.0. The number of pyridine rings is 1. The molecule has 2 heterocycles. The van der Waals surface area contributed by atoms with Crippen LogP contribution in [0.25, 0.3) is 11.0 Å². The lowest BCUT2D eigenvalue weighted by molar-refractivity contribution is 0.102. The van der Waals surface area contributed by atoms with Gasteiger partial charge >= 0.3 is 0 Å². The first-order chi connectivity index (χ1) is 15.4. The van der Waals surface area contributed by atoms with Crippen molar-refractivity contribution in [3.05, 3.63) is 77.1 Å². The van der Waals surface area contributed by atoms with Gasteiger partial charge in [0.15, 0.2) is 5.65 Å². The Morgan fingerprint density at radius 3 is 2.41 bits per heavy atom. The van der Waals surface area contributed by atoms with E-state index in [9.17, 15) is 9.59 Å². The van der Waals surface area contributed by atoms with E-state index in [1.807, 2.05) is 26.0 Å². The molecular weight excluding hydrogens is 406 g/mol. The maximum atomic E-state index is 13.0. The molecule has 0 atom stereocenters. The van der Waals surface area contributed by atoms with Crippen molar-refractivity contribution in [2.75, 3.05) is 17.7 Å². The summed E-state index contributed by atoms with van der Waals surface area (Å²) in [5, 5.41) is 10.8. The van der Waals surface area contributed by atoms with Gasteiger partial charge in [-0.15, -0.1) is 0 Å². The standard InChI is InChI=1S/C24H23N5O3/c1-14-13-18(21-15(2)28-29(3)22(21)25-14)24(31)26-17-11-9-16(10-12-17)23(30)27-19-7-5-6-8-20(19)32-4/h5-13H,1-4H3,(H,26,31)(H,27,30). The molecule has 0 aliphatic carbocycles. The highest BCUT2D eigenvalue weighted by atomic mass is 16.5. The van der Waals surface area contributed by atoms with E-state index in [1.54, 1.807) is 61.3 Å². The number of benzene rings is 2. The summed E-state index contributed by atoms with van der Waals surface area (Å²) in [4.78, 5) is 30.1. The molecule has 4 rings (SSSR count). The summed E-state index contributed by atoms with van der Waals surface area (Å²) in [7, 11) is 3.35. The van der Waals surface area contributed by atoms with Gasteiger partial charge in [-0.25, -0.2) is 4.98 Å². The molecule has 8 heteroatoms. The van der Waals surface area contributed by atoms with Crippen molar-refractivity contribution in [1.29, 1.82) is 0 Å². The van der Waals surface area contributed by atoms with Gasteiger partial charge in [0, 0.05) is 24.0 Å². The first kappa shape index (κ1) is 21.0. The van der Waals surface area contributed by atoms with Gasteiger partial charge < -0.3 is 15.4 Å². The predicted molar refractivity (Wildman–Crippen MR) is 123 cm³/mol. The third-order valence-corrected chi connectivity index (χ3v) is 5.10. The molecule has 2 N–H and O–H groups in total. The number of aryl methyl sites for hydroxylation is 3. The van der Waals surface area contributed by atoms with Crippen LogP contribution >= 0.6 is 0 Å². The molecule has 2 aromatic carbocycles. The molecule has 0 saturated heterocycles. The second kappa shape index (κ2) is 8.50. The number of methoxy groups -OCH3 is 1. The molecule has 0 aliphatic heterocycles. The minimum atomic E-state index is -0.273. The Morgan fingerprint density at radius 1 is 0.969 bits per heavy atom. The molecule has 0 unspecified atom stereocenters. The zero-order valence-corrected chi connectivity index (χ0v) is 18.3. The maximum Gasteiger partial charge on any atom is 0.256 e. The molecule has 2 amide bonds. The van der Waals surface area contributed by atoms with Gasteiger partial charge in [0.1, 0.15) is 5.75 Å². The van der Waals surface area contributed by atoms with E-state index < -0.39 is 0 Å². The number of rotatable bonds is 5. The van der Waals surface area contributed by atoms with Crippen LogP contribution in [0.1, 0.15) is 32.1 Å².